The fourth-order valence-electron chi connectivity index (χ4n) is 8.52. The molecular weight excluding hydrogens is 715 g/mol. The van der Waals surface area contributed by atoms with Crippen molar-refractivity contribution in [2.45, 2.75) is 315 Å². The quantitative estimate of drug-likeness (QED) is 0.0364. The Labute approximate surface area is 363 Å². The Bertz CT molecular complexity index is 818. The van der Waals surface area contributed by atoms with Gasteiger partial charge in [0.05, 0.1) is 18.8 Å². The lowest BCUT2D eigenvalue weighted by Crippen LogP contribution is -2.50. The van der Waals surface area contributed by atoms with Crippen molar-refractivity contribution in [3.05, 3.63) is 12.2 Å². The zero-order valence-electron chi connectivity index (χ0n) is 39.5. The molecule has 0 spiro atoms. The van der Waals surface area contributed by atoms with Crippen LogP contribution in [0.1, 0.15) is 296 Å². The molecule has 0 aliphatic heterocycles. The predicted octanol–water partition coefficient (Wildman–Crippen LogP) is 15.9. The lowest BCUT2D eigenvalue weighted by atomic mass is 10.0. The van der Waals surface area contributed by atoms with Gasteiger partial charge in [0.25, 0.3) is 0 Å². The summed E-state index contributed by atoms with van der Waals surface area (Å²) in [4.78, 5) is 12.5. The van der Waals surface area contributed by atoms with Crippen LogP contribution in [-0.2, 0) is 4.79 Å². The number of nitrogens with one attached hydrogen (secondary N) is 1. The minimum Gasteiger partial charge on any atom is -0.394 e. The molecule has 0 rings (SSSR count). The maximum Gasteiger partial charge on any atom is 0.220 e. The number of unbranched alkanes of at least 4 members (excludes halogenated alkanes) is 39. The number of amides is 1. The molecule has 0 aromatic heterocycles. The monoisotopic (exact) mass is 820 g/mol. The van der Waals surface area contributed by atoms with E-state index in [1.54, 1.807) is 0 Å². The highest BCUT2D eigenvalue weighted by atomic mass is 16.3. The molecule has 0 saturated heterocycles. The van der Waals surface area contributed by atoms with Gasteiger partial charge in [-0.1, -0.05) is 264 Å². The number of carbonyl (C=O) groups is 1. The number of aliphatic hydroxyl groups excluding tert-OH is 3. The molecule has 0 fully saturated rings. The van der Waals surface area contributed by atoms with Gasteiger partial charge in [0.2, 0.25) is 5.91 Å². The molecule has 0 aromatic rings. The Morgan fingerprint density at radius 2 is 0.690 bits per heavy atom. The van der Waals surface area contributed by atoms with Gasteiger partial charge in [-0.05, 0) is 38.5 Å². The smallest absolute Gasteiger partial charge is 0.220 e. The molecule has 5 heteroatoms. The van der Waals surface area contributed by atoms with E-state index in [1.807, 2.05) is 0 Å². The van der Waals surface area contributed by atoms with Gasteiger partial charge in [-0.25, -0.2) is 0 Å². The Morgan fingerprint density at radius 1 is 0.414 bits per heavy atom. The lowest BCUT2D eigenvalue weighted by Gasteiger charge is -2.26. The van der Waals surface area contributed by atoms with Crippen LogP contribution >= 0.6 is 0 Å². The van der Waals surface area contributed by atoms with Gasteiger partial charge < -0.3 is 20.6 Å². The van der Waals surface area contributed by atoms with E-state index in [2.05, 4.69) is 31.3 Å². The Morgan fingerprint density at radius 3 is 1.00 bits per heavy atom. The van der Waals surface area contributed by atoms with Crippen molar-refractivity contribution in [3.8, 4) is 0 Å². The van der Waals surface area contributed by atoms with Crippen LogP contribution in [-0.4, -0.2) is 46.1 Å². The molecule has 3 unspecified atom stereocenters. The van der Waals surface area contributed by atoms with E-state index in [4.69, 9.17) is 0 Å². The highest BCUT2D eigenvalue weighted by Crippen LogP contribution is 2.18. The van der Waals surface area contributed by atoms with E-state index in [-0.39, 0.29) is 12.5 Å². The second-order valence-corrected chi connectivity index (χ2v) is 18.4. The largest absolute Gasteiger partial charge is 0.394 e. The normalized spacial score (nSPS) is 13.4. The third-order valence-electron chi connectivity index (χ3n) is 12.6. The SMILES string of the molecule is CCCCCCCCCCCCCCC/C=C/CCCC(O)C(O)C(CO)NC(=O)CCCCCCCCCCCCCCCCCCCCCCCCCCCC. The average Bonchev–Trinajstić information content (AvgIpc) is 3.23. The first-order valence-electron chi connectivity index (χ1n) is 26.5. The molecule has 5 nitrogen and oxygen atoms in total. The molecule has 3 atom stereocenters. The molecule has 346 valence electrons. The number of carbonyl (C=O) groups excluding carboxylic acids is 1. The summed E-state index contributed by atoms with van der Waals surface area (Å²) in [5.41, 5.74) is 0. The van der Waals surface area contributed by atoms with E-state index in [1.165, 1.54) is 231 Å². The maximum absolute atomic E-state index is 12.5. The second-order valence-electron chi connectivity index (χ2n) is 18.4. The number of rotatable bonds is 49. The lowest BCUT2D eigenvalue weighted by molar-refractivity contribution is -0.124. The van der Waals surface area contributed by atoms with Gasteiger partial charge in [0.1, 0.15) is 6.10 Å². The van der Waals surface area contributed by atoms with Gasteiger partial charge in [0.15, 0.2) is 0 Å². The van der Waals surface area contributed by atoms with Gasteiger partial charge >= 0.3 is 0 Å². The summed E-state index contributed by atoms with van der Waals surface area (Å²) in [6.45, 7) is 4.20. The first-order valence-corrected chi connectivity index (χ1v) is 26.5. The summed E-state index contributed by atoms with van der Waals surface area (Å²) in [5.74, 6) is -0.147. The van der Waals surface area contributed by atoms with Gasteiger partial charge in [-0.2, -0.15) is 0 Å². The van der Waals surface area contributed by atoms with Crippen molar-refractivity contribution < 1.29 is 20.1 Å². The van der Waals surface area contributed by atoms with Crippen LogP contribution < -0.4 is 5.32 Å². The van der Waals surface area contributed by atoms with Crippen LogP contribution in [0, 0.1) is 0 Å². The molecule has 0 bridgehead atoms. The topological polar surface area (TPSA) is 89.8 Å². The van der Waals surface area contributed by atoms with Crippen LogP contribution in [0.4, 0.5) is 0 Å². The Kier molecular flexibility index (Phi) is 48.0. The van der Waals surface area contributed by atoms with E-state index >= 15 is 0 Å². The van der Waals surface area contributed by atoms with Crippen LogP contribution in [0.25, 0.3) is 0 Å². The standard InChI is InChI=1S/C53H105NO4/c1-3-5-7-9-11-13-15-17-19-21-23-24-25-26-27-28-29-30-32-34-36-38-40-42-44-46-48-52(57)54-50(49-55)53(58)51(56)47-45-43-41-39-37-35-33-31-22-20-18-16-14-12-10-8-6-4-2/h39,41,50-51,53,55-56,58H,3-38,40,42-49H2,1-2H3,(H,54,57)/b41-39+. The Balaban J connectivity index is 3.54. The number of aliphatic hydroxyl groups is 3. The van der Waals surface area contributed by atoms with Gasteiger partial charge in [-0.15, -0.1) is 0 Å². The van der Waals surface area contributed by atoms with E-state index in [0.29, 0.717) is 12.8 Å². The van der Waals surface area contributed by atoms with Crippen molar-refractivity contribution >= 4 is 5.91 Å². The third-order valence-corrected chi connectivity index (χ3v) is 12.6. The highest BCUT2D eigenvalue weighted by molar-refractivity contribution is 5.76. The Hall–Kier alpha value is -0.910. The van der Waals surface area contributed by atoms with Gasteiger partial charge in [0, 0.05) is 6.42 Å². The van der Waals surface area contributed by atoms with Crippen LogP contribution in [0.5, 0.6) is 0 Å². The highest BCUT2D eigenvalue weighted by Gasteiger charge is 2.26. The maximum atomic E-state index is 12.5. The summed E-state index contributed by atoms with van der Waals surface area (Å²) in [7, 11) is 0. The molecule has 4 N–H and O–H groups in total. The summed E-state index contributed by atoms with van der Waals surface area (Å²) < 4.78 is 0. The summed E-state index contributed by atoms with van der Waals surface area (Å²) in [6.07, 6.45) is 59.3. The zero-order valence-corrected chi connectivity index (χ0v) is 39.5. The van der Waals surface area contributed by atoms with Crippen molar-refractivity contribution in [2.75, 3.05) is 6.61 Å². The minimum atomic E-state index is -1.15. The van der Waals surface area contributed by atoms with Crippen LogP contribution in [0.3, 0.4) is 0 Å². The number of allylic oxidation sites excluding steroid dienone is 2. The molecule has 0 radical (unpaired) electrons. The number of hydrogen-bond donors (Lipinski definition) is 4. The molecule has 58 heavy (non-hydrogen) atoms. The first-order chi connectivity index (χ1) is 28.6. The second kappa shape index (κ2) is 48.8. The molecule has 1 amide bonds. The van der Waals surface area contributed by atoms with Crippen LogP contribution in [0.2, 0.25) is 0 Å². The van der Waals surface area contributed by atoms with E-state index < -0.39 is 18.2 Å². The zero-order chi connectivity index (χ0) is 42.3. The molecule has 0 saturated carbocycles. The van der Waals surface area contributed by atoms with E-state index in [9.17, 15) is 20.1 Å². The fraction of sp³-hybridized carbons (Fsp3) is 0.943. The third kappa shape index (κ3) is 43.2. The van der Waals surface area contributed by atoms with Crippen LogP contribution in [0.15, 0.2) is 12.2 Å². The van der Waals surface area contributed by atoms with Crippen molar-refractivity contribution in [1.29, 1.82) is 0 Å². The molecule has 0 heterocycles. The molecule has 0 aromatic carbocycles. The molecule has 0 aliphatic carbocycles. The van der Waals surface area contributed by atoms with Crippen molar-refractivity contribution in [3.63, 3.8) is 0 Å². The van der Waals surface area contributed by atoms with Crippen molar-refractivity contribution in [2.24, 2.45) is 0 Å². The van der Waals surface area contributed by atoms with Crippen molar-refractivity contribution in [1.82, 2.24) is 5.32 Å². The van der Waals surface area contributed by atoms with E-state index in [0.717, 1.165) is 38.5 Å². The minimum absolute atomic E-state index is 0.147. The first kappa shape index (κ1) is 57.1. The summed E-state index contributed by atoms with van der Waals surface area (Å²) in [5, 5.41) is 33.7. The molecule has 0 aliphatic rings. The number of hydrogen-bond acceptors (Lipinski definition) is 4. The van der Waals surface area contributed by atoms with Gasteiger partial charge in [-0.3, -0.25) is 4.79 Å². The molecular formula is C53H105NO4. The summed E-state index contributed by atoms with van der Waals surface area (Å²) in [6, 6.07) is -0.822. The predicted molar refractivity (Wildman–Crippen MR) is 255 cm³/mol. The summed E-state index contributed by atoms with van der Waals surface area (Å²) >= 11 is 0. The fourth-order valence-corrected chi connectivity index (χ4v) is 8.52. The average molecular weight is 820 g/mol.